The Morgan fingerprint density at radius 3 is 2.78 bits per heavy atom. The molecule has 0 spiro atoms. The Morgan fingerprint density at radius 2 is 2.04 bits per heavy atom. The van der Waals surface area contributed by atoms with Crippen LogP contribution in [0.2, 0.25) is 0 Å². The molecule has 5 rings (SSSR count). The van der Waals surface area contributed by atoms with E-state index in [2.05, 4.69) is 5.32 Å². The van der Waals surface area contributed by atoms with E-state index in [0.29, 0.717) is 5.57 Å². The second-order valence-electron chi connectivity index (χ2n) is 6.95. The first-order valence-electron chi connectivity index (χ1n) is 8.63. The van der Waals surface area contributed by atoms with E-state index in [-0.39, 0.29) is 18.2 Å². The lowest BCUT2D eigenvalue weighted by molar-refractivity contribution is -0.172. The number of carbonyl (C=O) groups excluding carboxylic acids is 2. The van der Waals surface area contributed by atoms with Gasteiger partial charge in [0.05, 0.1) is 6.42 Å². The van der Waals surface area contributed by atoms with Crippen LogP contribution >= 0.6 is 11.8 Å². The molecule has 7 nitrogen and oxygen atoms in total. The molecule has 1 aromatic rings. The molecule has 0 aromatic heterocycles. The summed E-state index contributed by atoms with van der Waals surface area (Å²) in [6.45, 7) is 0. The highest BCUT2D eigenvalue weighted by atomic mass is 32.2. The summed E-state index contributed by atoms with van der Waals surface area (Å²) in [4.78, 5) is 38.8. The van der Waals surface area contributed by atoms with Crippen LogP contribution in [0.4, 0.5) is 0 Å². The van der Waals surface area contributed by atoms with Gasteiger partial charge in [-0.05, 0) is 11.0 Å². The minimum atomic E-state index is -1.49. The molecule has 2 N–H and O–H groups in total. The Kier molecular flexibility index (Phi) is 3.50. The normalized spacial score (nSPS) is 35.2. The number of carboxylic acids is 1. The third kappa shape index (κ3) is 2.11. The summed E-state index contributed by atoms with van der Waals surface area (Å²) in [7, 11) is 0. The first kappa shape index (κ1) is 16.6. The Morgan fingerprint density at radius 1 is 1.26 bits per heavy atom. The zero-order valence-corrected chi connectivity index (χ0v) is 14.9. The maximum Gasteiger partial charge on any atom is 0.337 e. The molecular formula is C19H16N2O5S. The molecule has 2 amide bonds. The van der Waals surface area contributed by atoms with Crippen molar-refractivity contribution in [3.63, 3.8) is 0 Å². The van der Waals surface area contributed by atoms with Gasteiger partial charge in [0.1, 0.15) is 23.6 Å². The van der Waals surface area contributed by atoms with E-state index in [4.69, 9.17) is 4.74 Å². The number of benzene rings is 1. The minimum absolute atomic E-state index is 0.170. The van der Waals surface area contributed by atoms with Crippen molar-refractivity contribution in [2.75, 3.05) is 0 Å². The molecule has 4 heterocycles. The molecule has 2 fully saturated rings. The number of ether oxygens (including phenoxy) is 1. The van der Waals surface area contributed by atoms with Crippen LogP contribution in [-0.2, 0) is 25.5 Å². The topological polar surface area (TPSA) is 95.9 Å². The molecule has 5 atom stereocenters. The van der Waals surface area contributed by atoms with Gasteiger partial charge in [-0.1, -0.05) is 42.5 Å². The van der Waals surface area contributed by atoms with E-state index in [1.807, 2.05) is 36.4 Å². The van der Waals surface area contributed by atoms with Crippen LogP contribution in [-0.4, -0.2) is 57.0 Å². The molecule has 4 aliphatic heterocycles. The number of fused-ring (bicyclic) bond motifs is 7. The molecule has 0 radical (unpaired) electrons. The van der Waals surface area contributed by atoms with Gasteiger partial charge in [-0.2, -0.15) is 0 Å². The molecule has 0 aliphatic carbocycles. The predicted molar refractivity (Wildman–Crippen MR) is 96.6 cm³/mol. The predicted octanol–water partition coefficient (Wildman–Crippen LogP) is 0.673. The molecule has 8 heteroatoms. The van der Waals surface area contributed by atoms with Crippen molar-refractivity contribution in [2.45, 2.75) is 35.6 Å². The summed E-state index contributed by atoms with van der Waals surface area (Å²) in [6, 6.07) is 8.52. The molecule has 0 saturated carbocycles. The van der Waals surface area contributed by atoms with E-state index in [9.17, 15) is 19.5 Å². The Bertz CT molecular complexity index is 914. The van der Waals surface area contributed by atoms with Crippen LogP contribution < -0.4 is 5.32 Å². The van der Waals surface area contributed by atoms with Gasteiger partial charge in [0.15, 0.2) is 5.54 Å². The number of carboxylic acid groups (broad SMARTS) is 1. The van der Waals surface area contributed by atoms with Gasteiger partial charge in [-0.3, -0.25) is 9.59 Å². The van der Waals surface area contributed by atoms with E-state index in [1.54, 1.807) is 11.5 Å². The Hall–Kier alpha value is -2.58. The molecular weight excluding hydrogens is 368 g/mol. The third-order valence-electron chi connectivity index (χ3n) is 5.52. The maximum atomic E-state index is 12.8. The van der Waals surface area contributed by atoms with Crippen LogP contribution in [0.3, 0.4) is 0 Å². The molecule has 2 saturated heterocycles. The first-order chi connectivity index (χ1) is 13.0. The van der Waals surface area contributed by atoms with Crippen molar-refractivity contribution in [2.24, 2.45) is 0 Å². The number of aliphatic carboxylic acids is 1. The average molecular weight is 384 g/mol. The van der Waals surface area contributed by atoms with Gasteiger partial charge in [-0.25, -0.2) is 4.79 Å². The number of nitrogens with zero attached hydrogens (tertiary/aromatic N) is 1. The minimum Gasteiger partial charge on any atom is -0.479 e. The van der Waals surface area contributed by atoms with E-state index in [1.165, 1.54) is 16.7 Å². The monoisotopic (exact) mass is 384 g/mol. The molecule has 1 aromatic carbocycles. The number of rotatable bonds is 4. The second kappa shape index (κ2) is 5.71. The fraction of sp³-hybridized carbons (Fsp3) is 0.316. The van der Waals surface area contributed by atoms with Gasteiger partial charge in [0, 0.05) is 5.57 Å². The van der Waals surface area contributed by atoms with Crippen molar-refractivity contribution in [3.05, 3.63) is 59.0 Å². The summed E-state index contributed by atoms with van der Waals surface area (Å²) < 4.78 is 5.73. The molecule has 1 unspecified atom stereocenters. The summed E-state index contributed by atoms with van der Waals surface area (Å²) in [5.74, 6) is -1.74. The average Bonchev–Trinajstić information content (AvgIpc) is 3.26. The van der Waals surface area contributed by atoms with Crippen molar-refractivity contribution in [1.82, 2.24) is 10.2 Å². The van der Waals surface area contributed by atoms with Crippen LogP contribution in [0.15, 0.2) is 53.5 Å². The van der Waals surface area contributed by atoms with Gasteiger partial charge >= 0.3 is 5.97 Å². The van der Waals surface area contributed by atoms with Crippen LogP contribution in [0.25, 0.3) is 0 Å². The lowest BCUT2D eigenvalue weighted by Gasteiger charge is -2.56. The van der Waals surface area contributed by atoms with Gasteiger partial charge < -0.3 is 20.1 Å². The second-order valence-corrected chi connectivity index (χ2v) is 7.94. The van der Waals surface area contributed by atoms with Crippen LogP contribution in [0.1, 0.15) is 5.56 Å². The van der Waals surface area contributed by atoms with E-state index >= 15 is 0 Å². The number of carbonyl (C=O) groups is 3. The molecule has 138 valence electrons. The maximum absolute atomic E-state index is 12.8. The number of amides is 2. The van der Waals surface area contributed by atoms with Crippen LogP contribution in [0.5, 0.6) is 0 Å². The highest BCUT2D eigenvalue weighted by Gasteiger charge is 2.71. The summed E-state index contributed by atoms with van der Waals surface area (Å²) in [5, 5.41) is 14.1. The third-order valence-corrected chi connectivity index (χ3v) is 6.67. The zero-order valence-electron chi connectivity index (χ0n) is 14.1. The summed E-state index contributed by atoms with van der Waals surface area (Å²) >= 11 is 1.36. The van der Waals surface area contributed by atoms with Crippen molar-refractivity contribution in [3.8, 4) is 0 Å². The Labute approximate surface area is 159 Å². The largest absolute Gasteiger partial charge is 0.479 e. The highest BCUT2D eigenvalue weighted by molar-refractivity contribution is 8.03. The van der Waals surface area contributed by atoms with Gasteiger partial charge in [0.25, 0.3) is 5.91 Å². The quantitative estimate of drug-likeness (QED) is 0.585. The van der Waals surface area contributed by atoms with Gasteiger partial charge in [-0.15, -0.1) is 11.8 Å². The lowest BCUT2D eigenvalue weighted by atomic mass is 9.77. The lowest BCUT2D eigenvalue weighted by Crippen LogP contribution is -2.80. The summed E-state index contributed by atoms with van der Waals surface area (Å²) in [5.41, 5.74) is -0.0514. The number of hydrogen-bond donors (Lipinski definition) is 2. The molecule has 4 aliphatic rings. The van der Waals surface area contributed by atoms with Crippen LogP contribution in [0, 0.1) is 0 Å². The fourth-order valence-corrected chi connectivity index (χ4v) is 5.62. The van der Waals surface area contributed by atoms with Crippen molar-refractivity contribution >= 4 is 29.5 Å². The number of hydrogen-bond acceptors (Lipinski definition) is 5. The highest BCUT2D eigenvalue weighted by Crippen LogP contribution is 2.55. The molecule has 2 bridgehead atoms. The number of thioether (sulfide) groups is 1. The van der Waals surface area contributed by atoms with Gasteiger partial charge in [0.2, 0.25) is 5.91 Å². The van der Waals surface area contributed by atoms with Crippen molar-refractivity contribution in [1.29, 1.82) is 0 Å². The number of β-lactam (4-membered cyclic amide) rings is 1. The number of nitrogens with one attached hydrogen (secondary N) is 1. The molecule has 27 heavy (non-hydrogen) atoms. The van der Waals surface area contributed by atoms with E-state index in [0.717, 1.165) is 5.56 Å². The van der Waals surface area contributed by atoms with Crippen molar-refractivity contribution < 1.29 is 24.2 Å². The van der Waals surface area contributed by atoms with E-state index < -0.39 is 35.1 Å². The smallest absolute Gasteiger partial charge is 0.337 e. The first-order valence-corrected chi connectivity index (χ1v) is 9.57. The zero-order chi connectivity index (χ0) is 18.8. The Balaban J connectivity index is 1.38. The fourth-order valence-electron chi connectivity index (χ4n) is 4.29. The SMILES string of the molecule is O=C(Cc1ccccc1)N[C@@H]1C(=O)N2[C@@H]1SC=C1[C@@H]3C=C[C@@H](O3)C12C(=O)O. The summed E-state index contributed by atoms with van der Waals surface area (Å²) in [6.07, 6.45) is 2.60. The standard InChI is InChI=1S/C19H16N2O5S/c22-14(8-10-4-2-1-3-5-10)20-15-16(23)21-17(15)27-9-11-12-6-7-13(26-12)19(11,21)18(24)25/h1-7,9,12-13,15,17H,8H2,(H,20,22)(H,24,25)/t12-,13+,15+,17+,19?/m0/s1.